The van der Waals surface area contributed by atoms with Gasteiger partial charge in [-0.15, -0.1) is 0 Å². The SMILES string of the molecule is Cc1cnc(C)c(NC2CCCCC2C(C)C)n1. The molecule has 0 amide bonds. The first-order valence-electron chi connectivity index (χ1n) is 7.14. The summed E-state index contributed by atoms with van der Waals surface area (Å²) in [5, 5.41) is 3.65. The van der Waals surface area contributed by atoms with Crippen LogP contribution in [-0.4, -0.2) is 16.0 Å². The highest BCUT2D eigenvalue weighted by Crippen LogP contribution is 2.32. The van der Waals surface area contributed by atoms with Crippen LogP contribution in [0.1, 0.15) is 50.9 Å². The lowest BCUT2D eigenvalue weighted by Crippen LogP contribution is -2.35. The second kappa shape index (κ2) is 5.68. The molecule has 0 spiro atoms. The van der Waals surface area contributed by atoms with Gasteiger partial charge in [-0.3, -0.25) is 4.98 Å². The molecular weight excluding hydrogens is 222 g/mol. The summed E-state index contributed by atoms with van der Waals surface area (Å²) >= 11 is 0. The summed E-state index contributed by atoms with van der Waals surface area (Å²) in [6, 6.07) is 0.563. The number of nitrogens with zero attached hydrogens (tertiary/aromatic N) is 2. The summed E-state index contributed by atoms with van der Waals surface area (Å²) in [4.78, 5) is 8.98. The van der Waals surface area contributed by atoms with Gasteiger partial charge in [0.1, 0.15) is 5.82 Å². The monoisotopic (exact) mass is 247 g/mol. The molecule has 1 fully saturated rings. The lowest BCUT2D eigenvalue weighted by atomic mass is 9.78. The molecule has 1 saturated carbocycles. The number of rotatable bonds is 3. The first-order chi connectivity index (χ1) is 8.58. The minimum atomic E-state index is 0.563. The van der Waals surface area contributed by atoms with Gasteiger partial charge in [-0.2, -0.15) is 0 Å². The summed E-state index contributed by atoms with van der Waals surface area (Å²) in [6.45, 7) is 8.69. The number of hydrogen-bond donors (Lipinski definition) is 1. The van der Waals surface area contributed by atoms with Gasteiger partial charge in [0.05, 0.1) is 11.4 Å². The van der Waals surface area contributed by atoms with Crippen LogP contribution in [-0.2, 0) is 0 Å². The normalized spacial score (nSPS) is 24.3. The van der Waals surface area contributed by atoms with Crippen molar-refractivity contribution < 1.29 is 0 Å². The predicted molar refractivity (Wildman–Crippen MR) is 75.7 cm³/mol. The summed E-state index contributed by atoms with van der Waals surface area (Å²) in [7, 11) is 0. The first kappa shape index (κ1) is 13.3. The molecule has 3 nitrogen and oxygen atoms in total. The maximum absolute atomic E-state index is 4.59. The molecule has 2 rings (SSSR count). The van der Waals surface area contributed by atoms with Crippen LogP contribution in [0.25, 0.3) is 0 Å². The lowest BCUT2D eigenvalue weighted by molar-refractivity contribution is 0.253. The maximum atomic E-state index is 4.59. The van der Waals surface area contributed by atoms with E-state index in [2.05, 4.69) is 29.1 Å². The molecule has 100 valence electrons. The highest BCUT2D eigenvalue weighted by molar-refractivity contribution is 5.40. The van der Waals surface area contributed by atoms with Gasteiger partial charge in [0.2, 0.25) is 0 Å². The quantitative estimate of drug-likeness (QED) is 0.884. The van der Waals surface area contributed by atoms with Crippen molar-refractivity contribution in [1.29, 1.82) is 0 Å². The third-order valence-electron chi connectivity index (χ3n) is 4.07. The lowest BCUT2D eigenvalue weighted by Gasteiger charge is -2.35. The molecule has 1 aromatic rings. The number of aryl methyl sites for hydroxylation is 2. The van der Waals surface area contributed by atoms with Crippen molar-refractivity contribution in [3.8, 4) is 0 Å². The predicted octanol–water partition coefficient (Wildman–Crippen LogP) is 3.72. The second-order valence-electron chi connectivity index (χ2n) is 5.89. The van der Waals surface area contributed by atoms with E-state index in [4.69, 9.17) is 0 Å². The highest BCUT2D eigenvalue weighted by Gasteiger charge is 2.28. The standard InChI is InChI=1S/C15H25N3/c1-10(2)13-7-5-6-8-14(13)18-15-12(4)16-9-11(3)17-15/h9-10,13-14H,5-8H2,1-4H3,(H,17,18). The van der Waals surface area contributed by atoms with Crippen molar-refractivity contribution in [2.75, 3.05) is 5.32 Å². The molecule has 1 N–H and O–H groups in total. The van der Waals surface area contributed by atoms with Gasteiger partial charge in [-0.05, 0) is 38.5 Å². The molecule has 1 heterocycles. The Balaban J connectivity index is 2.13. The number of anilines is 1. The molecule has 1 aliphatic rings. The Hall–Kier alpha value is -1.12. The molecule has 18 heavy (non-hydrogen) atoms. The number of nitrogens with one attached hydrogen (secondary N) is 1. The first-order valence-corrected chi connectivity index (χ1v) is 7.14. The van der Waals surface area contributed by atoms with E-state index in [1.165, 1.54) is 25.7 Å². The Morgan fingerprint density at radius 2 is 1.94 bits per heavy atom. The van der Waals surface area contributed by atoms with E-state index < -0.39 is 0 Å². The Kier molecular flexibility index (Phi) is 4.20. The molecule has 1 aromatic heterocycles. The summed E-state index contributed by atoms with van der Waals surface area (Å²) in [5.74, 6) is 2.48. The van der Waals surface area contributed by atoms with E-state index in [0.29, 0.717) is 6.04 Å². The Morgan fingerprint density at radius 3 is 2.67 bits per heavy atom. The second-order valence-corrected chi connectivity index (χ2v) is 5.89. The van der Waals surface area contributed by atoms with Crippen molar-refractivity contribution in [2.45, 2.75) is 59.4 Å². The zero-order chi connectivity index (χ0) is 13.1. The molecular formula is C15H25N3. The fourth-order valence-corrected chi connectivity index (χ4v) is 2.99. The summed E-state index contributed by atoms with van der Waals surface area (Å²) in [6.07, 6.45) is 7.14. The molecule has 2 unspecified atom stereocenters. The number of hydrogen-bond acceptors (Lipinski definition) is 3. The van der Waals surface area contributed by atoms with Gasteiger partial charge in [0, 0.05) is 12.2 Å². The molecule has 0 radical (unpaired) electrons. The van der Waals surface area contributed by atoms with Gasteiger partial charge in [-0.25, -0.2) is 4.98 Å². The fraction of sp³-hybridized carbons (Fsp3) is 0.733. The fourth-order valence-electron chi connectivity index (χ4n) is 2.99. The van der Waals surface area contributed by atoms with E-state index in [9.17, 15) is 0 Å². The van der Waals surface area contributed by atoms with Gasteiger partial charge in [0.15, 0.2) is 0 Å². The van der Waals surface area contributed by atoms with E-state index in [0.717, 1.165) is 29.0 Å². The average molecular weight is 247 g/mol. The van der Waals surface area contributed by atoms with Crippen molar-refractivity contribution >= 4 is 5.82 Å². The Labute approximate surface area is 110 Å². The van der Waals surface area contributed by atoms with Crippen LogP contribution in [0.15, 0.2) is 6.20 Å². The minimum Gasteiger partial charge on any atom is -0.366 e. The molecule has 0 aliphatic heterocycles. The maximum Gasteiger partial charge on any atom is 0.147 e. The number of aromatic nitrogens is 2. The zero-order valence-electron chi connectivity index (χ0n) is 12.0. The summed E-state index contributed by atoms with van der Waals surface area (Å²) < 4.78 is 0. The smallest absolute Gasteiger partial charge is 0.147 e. The Morgan fingerprint density at radius 1 is 1.22 bits per heavy atom. The van der Waals surface area contributed by atoms with Crippen LogP contribution in [0.2, 0.25) is 0 Å². The van der Waals surface area contributed by atoms with E-state index in [-0.39, 0.29) is 0 Å². The summed E-state index contributed by atoms with van der Waals surface area (Å²) in [5.41, 5.74) is 1.99. The van der Waals surface area contributed by atoms with Crippen LogP contribution in [0.5, 0.6) is 0 Å². The van der Waals surface area contributed by atoms with Crippen molar-refractivity contribution in [1.82, 2.24) is 9.97 Å². The van der Waals surface area contributed by atoms with Crippen LogP contribution in [0.3, 0.4) is 0 Å². The van der Waals surface area contributed by atoms with Gasteiger partial charge >= 0.3 is 0 Å². The van der Waals surface area contributed by atoms with Crippen LogP contribution >= 0.6 is 0 Å². The molecule has 2 atom stereocenters. The van der Waals surface area contributed by atoms with Gasteiger partial charge in [-0.1, -0.05) is 26.7 Å². The topological polar surface area (TPSA) is 37.8 Å². The van der Waals surface area contributed by atoms with E-state index >= 15 is 0 Å². The largest absolute Gasteiger partial charge is 0.366 e. The molecule has 0 saturated heterocycles. The molecule has 0 bridgehead atoms. The highest BCUT2D eigenvalue weighted by atomic mass is 15.0. The minimum absolute atomic E-state index is 0.563. The Bertz CT molecular complexity index is 401. The van der Waals surface area contributed by atoms with Crippen molar-refractivity contribution in [3.05, 3.63) is 17.6 Å². The van der Waals surface area contributed by atoms with E-state index in [1.807, 2.05) is 20.0 Å². The molecule has 3 heteroatoms. The van der Waals surface area contributed by atoms with E-state index in [1.54, 1.807) is 0 Å². The molecule has 0 aromatic carbocycles. The van der Waals surface area contributed by atoms with Crippen molar-refractivity contribution in [3.63, 3.8) is 0 Å². The van der Waals surface area contributed by atoms with Gasteiger partial charge < -0.3 is 5.32 Å². The van der Waals surface area contributed by atoms with Crippen molar-refractivity contribution in [2.24, 2.45) is 11.8 Å². The third kappa shape index (κ3) is 3.01. The zero-order valence-corrected chi connectivity index (χ0v) is 12.0. The van der Waals surface area contributed by atoms with Gasteiger partial charge in [0.25, 0.3) is 0 Å². The third-order valence-corrected chi connectivity index (χ3v) is 4.07. The van der Waals surface area contributed by atoms with Crippen LogP contribution in [0.4, 0.5) is 5.82 Å². The average Bonchev–Trinajstić information content (AvgIpc) is 2.34. The van der Waals surface area contributed by atoms with Crippen LogP contribution < -0.4 is 5.32 Å². The van der Waals surface area contributed by atoms with Crippen LogP contribution in [0, 0.1) is 25.7 Å². The molecule has 1 aliphatic carbocycles.